The molecule has 1 aromatic heterocycles. The zero-order valence-electron chi connectivity index (χ0n) is 40.4. The molecule has 352 valence electrons. The molecule has 0 amide bonds. The number of carbonyl (C=O) groups is 3. The first-order valence-electron chi connectivity index (χ1n) is 23.7. The van der Waals surface area contributed by atoms with E-state index in [1.165, 1.54) is 28.1 Å². The van der Waals surface area contributed by atoms with Gasteiger partial charge in [0, 0.05) is 46.1 Å². The summed E-state index contributed by atoms with van der Waals surface area (Å²) in [7, 11) is 0. The zero-order chi connectivity index (χ0) is 47.2. The lowest BCUT2D eigenvalue weighted by molar-refractivity contribution is -0.132. The fourth-order valence-corrected chi connectivity index (χ4v) is 16.1. The lowest BCUT2D eigenvalue weighted by Crippen LogP contribution is -2.58. The number of nitrogens with two attached hydrogens (primary N) is 4. The van der Waals surface area contributed by atoms with Gasteiger partial charge in [0.15, 0.2) is 21.2 Å². The highest BCUT2D eigenvalue weighted by Crippen LogP contribution is 2.65. The molecule has 9 nitrogen and oxygen atoms in total. The molecule has 4 saturated carbocycles. The summed E-state index contributed by atoms with van der Waals surface area (Å²) >= 11 is 11.3. The van der Waals surface area contributed by atoms with Crippen LogP contribution in [0.5, 0.6) is 0 Å². The van der Waals surface area contributed by atoms with E-state index in [9.17, 15) is 14.4 Å². The zero-order valence-corrected chi connectivity index (χ0v) is 44.4. The first-order chi connectivity index (χ1) is 29.2. The number of fused-ring (bicyclic) bond motifs is 6. The van der Waals surface area contributed by atoms with E-state index in [0.29, 0.717) is 98.4 Å². The second kappa shape index (κ2) is 19.6. The number of thiazole rings is 1. The Morgan fingerprint density at radius 2 is 1.49 bits per heavy atom. The molecule has 2 heterocycles. The van der Waals surface area contributed by atoms with Crippen LogP contribution in [0.3, 0.4) is 0 Å². The van der Waals surface area contributed by atoms with E-state index < -0.39 is 0 Å². The van der Waals surface area contributed by atoms with Crippen LogP contribution in [0.4, 0.5) is 5.13 Å². The molecule has 1 aromatic rings. The number of aromatic nitrogens is 1. The molecule has 8 N–H and O–H groups in total. The van der Waals surface area contributed by atoms with Gasteiger partial charge in [0.2, 0.25) is 0 Å². The number of nitrogen functional groups attached to an aromatic ring is 1. The summed E-state index contributed by atoms with van der Waals surface area (Å²) in [6, 6.07) is 0. The number of carbonyl (C=O) groups excluding carboxylic acids is 3. The van der Waals surface area contributed by atoms with Crippen molar-refractivity contribution in [3.63, 3.8) is 0 Å². The molecule has 6 aliphatic carbocycles. The highest BCUT2D eigenvalue weighted by atomic mass is 79.9. The third-order valence-corrected chi connectivity index (χ3v) is 20.5. The molecule has 13 heteroatoms. The van der Waals surface area contributed by atoms with E-state index in [0.717, 1.165) is 51.4 Å². The lowest BCUT2D eigenvalue weighted by atomic mass is 9.47. The summed E-state index contributed by atoms with van der Waals surface area (Å²) in [6.07, 6.45) is 15.7. The maximum atomic E-state index is 12.4. The molecule has 1 spiro atoms. The average Bonchev–Trinajstić information content (AvgIpc) is 3.83. The van der Waals surface area contributed by atoms with Crippen LogP contribution < -0.4 is 22.9 Å². The van der Waals surface area contributed by atoms with E-state index in [1.54, 1.807) is 23.1 Å². The standard InChI is InChI=1S/C19H25BrO2.C15H26N2OS.C15H24N2S.CH4N2S/c1-18-7-5-11(21)9-15(18)16(20)10-12-13-3-4-17(22)19(13,2)8-6-14(12)18;1-9(2)12-15(17-13(16)19-12)8-11(18)6-7-14(15,5)10(3)4;1-9(2)8-11-13-12(18-14(16)17-13)6-7-15(11,5)10(3)4;2-1(3)4/h9,12-14,16H,3-8,10H2,1-2H3;9-10,12H,6-8H2,1-5H3,(H2,16,17);8-10H,6-7H2,1-5H3,(H2,16,17);(H4,2,3,4)/b;;11-8-;/t12-,13-,14+,16-,18-,19+;12-,14+,15-;15-;/m101./s1. The van der Waals surface area contributed by atoms with Crippen LogP contribution in [0.2, 0.25) is 0 Å². The van der Waals surface area contributed by atoms with Crippen LogP contribution >= 0.6 is 51.2 Å². The van der Waals surface area contributed by atoms with Crippen molar-refractivity contribution in [3.8, 4) is 0 Å². The maximum absolute atomic E-state index is 12.4. The number of allylic oxidation sites excluding steroid dienone is 3. The summed E-state index contributed by atoms with van der Waals surface area (Å²) in [5, 5.41) is 1.70. The largest absolute Gasteiger partial charge is 0.379 e. The molecule has 63 heavy (non-hydrogen) atoms. The van der Waals surface area contributed by atoms with Gasteiger partial charge in [0.1, 0.15) is 11.6 Å². The molecule has 8 rings (SSSR count). The topological polar surface area (TPSA) is 181 Å². The summed E-state index contributed by atoms with van der Waals surface area (Å²) < 4.78 is 0. The van der Waals surface area contributed by atoms with Gasteiger partial charge >= 0.3 is 0 Å². The number of amidine groups is 1. The normalized spacial score (nSPS) is 37.5. The number of hydrogen-bond donors (Lipinski definition) is 4. The predicted molar refractivity (Wildman–Crippen MR) is 274 cm³/mol. The van der Waals surface area contributed by atoms with Crippen LogP contribution in [-0.2, 0) is 20.8 Å². The number of thioether (sulfide) groups is 1. The highest BCUT2D eigenvalue weighted by molar-refractivity contribution is 9.09. The number of ketones is 3. The van der Waals surface area contributed by atoms with Crippen molar-refractivity contribution in [3.05, 3.63) is 28.3 Å². The Kier molecular flexibility index (Phi) is 16.2. The number of Topliss-reactive ketones (excluding diaryl/α,β-unsaturated/α-hetero) is 2. The van der Waals surface area contributed by atoms with Gasteiger partial charge in [-0.3, -0.25) is 19.4 Å². The summed E-state index contributed by atoms with van der Waals surface area (Å²) in [4.78, 5) is 47.5. The van der Waals surface area contributed by atoms with Crippen LogP contribution in [0.25, 0.3) is 5.57 Å². The van der Waals surface area contributed by atoms with Gasteiger partial charge in [-0.1, -0.05) is 117 Å². The molecule has 0 saturated heterocycles. The van der Waals surface area contributed by atoms with Gasteiger partial charge in [-0.2, -0.15) is 0 Å². The smallest absolute Gasteiger partial charge is 0.180 e. The highest BCUT2D eigenvalue weighted by Gasteiger charge is 2.62. The van der Waals surface area contributed by atoms with Crippen LogP contribution in [0.1, 0.15) is 164 Å². The van der Waals surface area contributed by atoms with Crippen LogP contribution in [0.15, 0.2) is 22.7 Å². The Hall–Kier alpha value is -2.09. The summed E-state index contributed by atoms with van der Waals surface area (Å²) in [5.41, 5.74) is 25.2. The SMILES string of the molecule is CC(C)/C=C1/c2nc(N)sc2CC[C@]1(C)C(C)C.CC(C)[C@@H]1SC(N)=N[C@@]12CC(=O)CC[C@]2(C)C(C)C.C[C@]12CCC(=O)C=C1[C@H](Br)C[C@@H]1[C@H]3CCC(=O)[C@@]3(C)CC[C@@H]12.NC(N)=S. The molecule has 0 radical (unpaired) electrons. The number of aliphatic imine (C=N–C) groups is 1. The number of thiocarbonyl (C=S) groups is 1. The number of rotatable bonds is 4. The Balaban J connectivity index is 0.000000172. The van der Waals surface area contributed by atoms with E-state index in [2.05, 4.69) is 134 Å². The van der Waals surface area contributed by atoms with E-state index >= 15 is 0 Å². The second-order valence-electron chi connectivity index (χ2n) is 22.0. The molecule has 0 aromatic carbocycles. The Morgan fingerprint density at radius 1 is 0.857 bits per heavy atom. The predicted octanol–water partition coefficient (Wildman–Crippen LogP) is 11.2. The number of aryl methyl sites for hydroxylation is 1. The summed E-state index contributed by atoms with van der Waals surface area (Å²) in [5.74, 6) is 5.16. The van der Waals surface area contributed by atoms with Gasteiger partial charge < -0.3 is 22.9 Å². The first kappa shape index (κ1) is 51.9. The number of anilines is 1. The van der Waals surface area contributed by atoms with Crippen molar-refractivity contribution in [1.82, 2.24) is 4.98 Å². The molecular weight excluding hydrogens is 909 g/mol. The number of nitrogens with zero attached hydrogens (tertiary/aromatic N) is 2. The van der Waals surface area contributed by atoms with Crippen molar-refractivity contribution in [1.29, 1.82) is 0 Å². The second-order valence-corrected chi connectivity index (χ2v) is 25.9. The van der Waals surface area contributed by atoms with Gasteiger partial charge in [-0.15, -0.1) is 11.3 Å². The summed E-state index contributed by atoms with van der Waals surface area (Å²) in [6.45, 7) is 27.3. The molecule has 0 unspecified atom stereocenters. The fourth-order valence-electron chi connectivity index (χ4n) is 12.8. The molecule has 1 aliphatic heterocycles. The quantitative estimate of drug-likeness (QED) is 0.167. The van der Waals surface area contributed by atoms with Crippen molar-refractivity contribution in [2.24, 2.45) is 85.3 Å². The van der Waals surface area contributed by atoms with Gasteiger partial charge in [0.05, 0.1) is 11.2 Å². The number of alkyl halides is 1. The minimum Gasteiger partial charge on any atom is -0.379 e. The third-order valence-electron chi connectivity index (χ3n) is 17.2. The number of hydrogen-bond acceptors (Lipinski definition) is 10. The van der Waals surface area contributed by atoms with Crippen LogP contribution in [-0.4, -0.2) is 48.2 Å². The van der Waals surface area contributed by atoms with E-state index in [-0.39, 0.29) is 32.3 Å². The van der Waals surface area contributed by atoms with Crippen molar-refractivity contribution >= 4 is 89.6 Å². The van der Waals surface area contributed by atoms with Gasteiger partial charge in [-0.05, 0) is 138 Å². The maximum Gasteiger partial charge on any atom is 0.180 e. The Morgan fingerprint density at radius 3 is 2.08 bits per heavy atom. The Labute approximate surface area is 401 Å². The fraction of sp³-hybridized carbons (Fsp3) is 0.760. The molecule has 10 atom stereocenters. The minimum atomic E-state index is -0.292. The van der Waals surface area contributed by atoms with E-state index in [4.69, 9.17) is 16.5 Å². The third kappa shape index (κ3) is 9.98. The monoisotopic (exact) mass is 986 g/mol. The average molecular weight is 988 g/mol. The number of halogens is 1. The van der Waals surface area contributed by atoms with E-state index in [1.807, 2.05) is 6.08 Å². The molecule has 7 aliphatic rings. The van der Waals surface area contributed by atoms with Crippen molar-refractivity contribution < 1.29 is 14.4 Å². The molecule has 0 bridgehead atoms. The molecular formula is C50H79BrN6O3S3. The van der Waals surface area contributed by atoms with Gasteiger partial charge in [0.25, 0.3) is 0 Å². The lowest BCUT2D eigenvalue weighted by Gasteiger charge is -2.58. The van der Waals surface area contributed by atoms with Gasteiger partial charge in [-0.25, -0.2) is 4.98 Å². The van der Waals surface area contributed by atoms with Crippen molar-refractivity contribution in [2.45, 2.75) is 176 Å². The molecule has 4 fully saturated rings. The van der Waals surface area contributed by atoms with Crippen LogP contribution in [0, 0.1) is 63.1 Å². The Bertz CT molecular complexity index is 2010. The van der Waals surface area contributed by atoms with Crippen molar-refractivity contribution in [2.75, 3.05) is 5.73 Å². The minimum absolute atomic E-state index is 0.000000000000000222. The first-order valence-corrected chi connectivity index (χ1v) is 26.7.